The van der Waals surface area contributed by atoms with Crippen LogP contribution in [-0.4, -0.2) is 12.0 Å². The van der Waals surface area contributed by atoms with Gasteiger partial charge in [0.05, 0.1) is 16.3 Å². The maximum absolute atomic E-state index is 6.13. The molecule has 0 atom stereocenters. The summed E-state index contributed by atoms with van der Waals surface area (Å²) in [6.45, 7) is 2.69. The van der Waals surface area contributed by atoms with Crippen LogP contribution in [0.2, 0.25) is 5.02 Å². The van der Waals surface area contributed by atoms with Gasteiger partial charge in [-0.2, -0.15) is 0 Å². The van der Waals surface area contributed by atoms with Crippen molar-refractivity contribution in [1.29, 1.82) is 0 Å². The Morgan fingerprint density at radius 3 is 2.94 bits per heavy atom. The molecule has 0 spiro atoms. The highest BCUT2D eigenvalue weighted by Gasteiger charge is 2.09. The summed E-state index contributed by atoms with van der Waals surface area (Å²) in [6, 6.07) is 5.81. The Labute approximate surface area is 99.5 Å². The lowest BCUT2D eigenvalue weighted by Gasteiger charge is -2.00. The molecular weight excluding hydrogens is 224 g/mol. The van der Waals surface area contributed by atoms with Crippen molar-refractivity contribution < 1.29 is 4.42 Å². The third kappa shape index (κ3) is 2.26. The van der Waals surface area contributed by atoms with Gasteiger partial charge in [0.2, 0.25) is 5.89 Å². The molecule has 16 heavy (non-hydrogen) atoms. The van der Waals surface area contributed by atoms with Crippen molar-refractivity contribution >= 4 is 11.6 Å². The third-order valence-electron chi connectivity index (χ3n) is 2.26. The molecule has 0 aliphatic carbocycles. The molecule has 0 unspecified atom stereocenters. The summed E-state index contributed by atoms with van der Waals surface area (Å²) in [4.78, 5) is 4.35. The molecule has 1 aromatic carbocycles. The van der Waals surface area contributed by atoms with Crippen molar-refractivity contribution in [3.05, 3.63) is 40.7 Å². The Bertz CT molecular complexity index is 494. The summed E-state index contributed by atoms with van der Waals surface area (Å²) in [7, 11) is 1.87. The van der Waals surface area contributed by atoms with Crippen LogP contribution in [0.25, 0.3) is 11.5 Å². The Hall–Kier alpha value is -1.32. The summed E-state index contributed by atoms with van der Waals surface area (Å²) in [5.41, 5.74) is 2.82. The first-order valence-electron chi connectivity index (χ1n) is 5.06. The number of aryl methyl sites for hydroxylation is 1. The first-order valence-corrected chi connectivity index (χ1v) is 5.44. The number of hydrogen-bond acceptors (Lipinski definition) is 3. The Morgan fingerprint density at radius 2 is 2.25 bits per heavy atom. The zero-order valence-electron chi connectivity index (χ0n) is 9.25. The zero-order chi connectivity index (χ0) is 11.5. The topological polar surface area (TPSA) is 38.1 Å². The molecule has 0 bridgehead atoms. The van der Waals surface area contributed by atoms with Gasteiger partial charge in [-0.05, 0) is 31.7 Å². The number of oxazole rings is 1. The van der Waals surface area contributed by atoms with E-state index in [-0.39, 0.29) is 0 Å². The minimum Gasteiger partial charge on any atom is -0.444 e. The van der Waals surface area contributed by atoms with Gasteiger partial charge in [0.1, 0.15) is 6.26 Å². The van der Waals surface area contributed by atoms with Crippen molar-refractivity contribution in [1.82, 2.24) is 10.3 Å². The Kier molecular flexibility index (Phi) is 3.27. The van der Waals surface area contributed by atoms with Gasteiger partial charge in [0.15, 0.2) is 0 Å². The van der Waals surface area contributed by atoms with Crippen molar-refractivity contribution in [2.75, 3.05) is 7.05 Å². The summed E-state index contributed by atoms with van der Waals surface area (Å²) in [6.07, 6.45) is 1.64. The molecule has 0 aliphatic rings. The molecule has 84 valence electrons. The van der Waals surface area contributed by atoms with Gasteiger partial charge in [-0.15, -0.1) is 0 Å². The van der Waals surface area contributed by atoms with Crippen molar-refractivity contribution in [3.8, 4) is 11.5 Å². The summed E-state index contributed by atoms with van der Waals surface area (Å²) in [5, 5.41) is 3.68. The van der Waals surface area contributed by atoms with E-state index in [1.807, 2.05) is 32.2 Å². The van der Waals surface area contributed by atoms with Crippen LogP contribution in [0.5, 0.6) is 0 Å². The second-order valence-electron chi connectivity index (χ2n) is 3.66. The molecule has 1 aromatic heterocycles. The van der Waals surface area contributed by atoms with E-state index in [1.54, 1.807) is 6.26 Å². The molecule has 1 heterocycles. The highest BCUT2D eigenvalue weighted by atomic mass is 35.5. The van der Waals surface area contributed by atoms with Crippen LogP contribution < -0.4 is 5.32 Å². The average molecular weight is 237 g/mol. The van der Waals surface area contributed by atoms with Crippen LogP contribution in [0.3, 0.4) is 0 Å². The number of benzene rings is 1. The standard InChI is InChI=1S/C12H13ClN2O/c1-8-3-4-10(11(13)5-8)12-15-9(6-14-2)7-16-12/h3-5,7,14H,6H2,1-2H3. The second kappa shape index (κ2) is 4.68. The van der Waals surface area contributed by atoms with Crippen LogP contribution in [0.15, 0.2) is 28.9 Å². The van der Waals surface area contributed by atoms with E-state index in [4.69, 9.17) is 16.0 Å². The smallest absolute Gasteiger partial charge is 0.227 e. The molecule has 0 fully saturated rings. The second-order valence-corrected chi connectivity index (χ2v) is 4.06. The van der Waals surface area contributed by atoms with E-state index < -0.39 is 0 Å². The van der Waals surface area contributed by atoms with E-state index in [9.17, 15) is 0 Å². The van der Waals surface area contributed by atoms with Crippen LogP contribution in [0, 0.1) is 6.92 Å². The summed E-state index contributed by atoms with van der Waals surface area (Å²) >= 11 is 6.13. The SMILES string of the molecule is CNCc1coc(-c2ccc(C)cc2Cl)n1. The molecule has 0 radical (unpaired) electrons. The highest BCUT2D eigenvalue weighted by Crippen LogP contribution is 2.27. The predicted molar refractivity (Wildman–Crippen MR) is 64.4 cm³/mol. The van der Waals surface area contributed by atoms with Gasteiger partial charge < -0.3 is 9.73 Å². The quantitative estimate of drug-likeness (QED) is 0.890. The van der Waals surface area contributed by atoms with Gasteiger partial charge >= 0.3 is 0 Å². The summed E-state index contributed by atoms with van der Waals surface area (Å²) < 4.78 is 5.39. The van der Waals surface area contributed by atoms with Gasteiger partial charge in [-0.25, -0.2) is 4.98 Å². The Morgan fingerprint density at radius 1 is 1.44 bits per heavy atom. The van der Waals surface area contributed by atoms with Crippen molar-refractivity contribution in [2.24, 2.45) is 0 Å². The zero-order valence-corrected chi connectivity index (χ0v) is 10.0. The maximum atomic E-state index is 6.13. The largest absolute Gasteiger partial charge is 0.444 e. The lowest BCUT2D eigenvalue weighted by atomic mass is 10.1. The van der Waals surface area contributed by atoms with E-state index in [0.29, 0.717) is 17.5 Å². The lowest BCUT2D eigenvalue weighted by Crippen LogP contribution is -2.04. The van der Waals surface area contributed by atoms with Gasteiger partial charge in [0.25, 0.3) is 0 Å². The van der Waals surface area contributed by atoms with Gasteiger partial charge in [-0.3, -0.25) is 0 Å². The number of hydrogen-bond donors (Lipinski definition) is 1. The van der Waals surface area contributed by atoms with Gasteiger partial charge in [0, 0.05) is 6.54 Å². The minimum absolute atomic E-state index is 0.565. The molecule has 0 saturated heterocycles. The van der Waals surface area contributed by atoms with Crippen molar-refractivity contribution in [3.63, 3.8) is 0 Å². The molecule has 2 aromatic rings. The van der Waals surface area contributed by atoms with Crippen molar-refractivity contribution in [2.45, 2.75) is 13.5 Å². The fourth-order valence-electron chi connectivity index (χ4n) is 1.49. The van der Waals surface area contributed by atoms with Gasteiger partial charge in [-0.1, -0.05) is 17.7 Å². The molecule has 2 rings (SSSR count). The molecule has 0 aliphatic heterocycles. The van der Waals surface area contributed by atoms with E-state index in [2.05, 4.69) is 10.3 Å². The molecule has 0 amide bonds. The molecule has 3 nitrogen and oxygen atoms in total. The molecule has 0 saturated carbocycles. The van der Waals surface area contributed by atoms with Crippen LogP contribution in [-0.2, 0) is 6.54 Å². The summed E-state index contributed by atoms with van der Waals surface area (Å²) in [5.74, 6) is 0.565. The van der Waals surface area contributed by atoms with E-state index in [1.165, 1.54) is 0 Å². The monoisotopic (exact) mass is 236 g/mol. The third-order valence-corrected chi connectivity index (χ3v) is 2.58. The first kappa shape index (κ1) is 11.2. The number of nitrogens with zero attached hydrogens (tertiary/aromatic N) is 1. The minimum atomic E-state index is 0.565. The normalized spacial score (nSPS) is 10.7. The number of aromatic nitrogens is 1. The molecular formula is C12H13ClN2O. The Balaban J connectivity index is 2.35. The van der Waals surface area contributed by atoms with Crippen LogP contribution in [0.4, 0.5) is 0 Å². The van der Waals surface area contributed by atoms with E-state index >= 15 is 0 Å². The highest BCUT2D eigenvalue weighted by molar-refractivity contribution is 6.33. The molecule has 1 N–H and O–H groups in total. The van der Waals surface area contributed by atoms with Crippen LogP contribution in [0.1, 0.15) is 11.3 Å². The number of nitrogens with one attached hydrogen (secondary N) is 1. The molecule has 4 heteroatoms. The average Bonchev–Trinajstić information content (AvgIpc) is 2.67. The fourth-order valence-corrected chi connectivity index (χ4v) is 1.80. The van der Waals surface area contributed by atoms with E-state index in [0.717, 1.165) is 16.8 Å². The predicted octanol–water partition coefficient (Wildman–Crippen LogP) is 3.02. The fraction of sp³-hybridized carbons (Fsp3) is 0.250. The maximum Gasteiger partial charge on any atom is 0.227 e. The van der Waals surface area contributed by atoms with Crippen LogP contribution >= 0.6 is 11.6 Å². The lowest BCUT2D eigenvalue weighted by molar-refractivity contribution is 0.571. The number of rotatable bonds is 3. The first-order chi connectivity index (χ1) is 7.70. The number of halogens is 1.